The molecule has 0 atom stereocenters. The van der Waals surface area contributed by atoms with Crippen molar-refractivity contribution >= 4 is 5.91 Å². The second-order valence-corrected chi connectivity index (χ2v) is 3.27. The third-order valence-electron chi connectivity index (χ3n) is 2.42. The molecule has 0 aliphatic heterocycles. The fourth-order valence-electron chi connectivity index (χ4n) is 1.33. The van der Waals surface area contributed by atoms with Crippen LogP contribution in [0.1, 0.15) is 27.7 Å². The number of hydrogen-bond donors (Lipinski definition) is 0. The topological polar surface area (TPSA) is 20.3 Å². The zero-order chi connectivity index (χ0) is 11.8. The lowest BCUT2D eigenvalue weighted by atomic mass is 10.1. The van der Waals surface area contributed by atoms with Gasteiger partial charge in [0.25, 0.3) is 5.91 Å². The SMILES string of the molecule is C=C/C=C(C(=O)N(CC)CC)\C(C)=C/C. The summed E-state index contributed by atoms with van der Waals surface area (Å²) in [7, 11) is 0. The Hall–Kier alpha value is -1.31. The van der Waals surface area contributed by atoms with Crippen LogP contribution < -0.4 is 0 Å². The average molecular weight is 207 g/mol. The van der Waals surface area contributed by atoms with Crippen LogP contribution in [-0.4, -0.2) is 23.9 Å². The molecule has 0 fully saturated rings. The number of carbonyl (C=O) groups excluding carboxylic acids is 1. The van der Waals surface area contributed by atoms with Gasteiger partial charge in [-0.1, -0.05) is 18.7 Å². The van der Waals surface area contributed by atoms with Gasteiger partial charge in [-0.25, -0.2) is 0 Å². The summed E-state index contributed by atoms with van der Waals surface area (Å²) in [4.78, 5) is 13.9. The van der Waals surface area contributed by atoms with Gasteiger partial charge in [-0.2, -0.15) is 0 Å². The van der Waals surface area contributed by atoms with E-state index in [4.69, 9.17) is 0 Å². The lowest BCUT2D eigenvalue weighted by Gasteiger charge is -2.20. The van der Waals surface area contributed by atoms with Crippen LogP contribution >= 0.6 is 0 Å². The molecule has 0 aromatic heterocycles. The second kappa shape index (κ2) is 7.04. The standard InChI is InChI=1S/C13H21NO/c1-6-10-12(11(5)7-2)13(15)14(8-3)9-4/h6-7,10H,1,8-9H2,2-5H3/b11-7-,12-10+. The van der Waals surface area contributed by atoms with Crippen molar-refractivity contribution in [3.8, 4) is 0 Å². The molecule has 0 aromatic rings. The number of rotatable bonds is 5. The molecule has 0 heterocycles. The molecule has 0 rings (SSSR count). The Morgan fingerprint density at radius 3 is 2.20 bits per heavy atom. The van der Waals surface area contributed by atoms with Crippen molar-refractivity contribution in [3.05, 3.63) is 36.0 Å². The summed E-state index contributed by atoms with van der Waals surface area (Å²) >= 11 is 0. The highest BCUT2D eigenvalue weighted by Crippen LogP contribution is 2.13. The summed E-state index contributed by atoms with van der Waals surface area (Å²) in [6.45, 7) is 13.0. The van der Waals surface area contributed by atoms with Crippen molar-refractivity contribution in [2.45, 2.75) is 27.7 Å². The van der Waals surface area contributed by atoms with Crippen LogP contribution in [0.5, 0.6) is 0 Å². The minimum Gasteiger partial charge on any atom is -0.339 e. The first-order valence-electron chi connectivity index (χ1n) is 5.37. The van der Waals surface area contributed by atoms with E-state index in [0.29, 0.717) is 0 Å². The van der Waals surface area contributed by atoms with Crippen molar-refractivity contribution in [2.24, 2.45) is 0 Å². The molecule has 0 aliphatic carbocycles. The highest BCUT2D eigenvalue weighted by molar-refractivity contribution is 5.97. The molecule has 0 aromatic carbocycles. The summed E-state index contributed by atoms with van der Waals surface area (Å²) in [5.74, 6) is 0.0792. The summed E-state index contributed by atoms with van der Waals surface area (Å²) in [5.41, 5.74) is 1.73. The first kappa shape index (κ1) is 13.7. The minimum absolute atomic E-state index is 0.0792. The van der Waals surface area contributed by atoms with E-state index in [-0.39, 0.29) is 5.91 Å². The number of carbonyl (C=O) groups is 1. The number of likely N-dealkylation sites (N-methyl/N-ethyl adjacent to an activating group) is 1. The molecular weight excluding hydrogens is 186 g/mol. The van der Waals surface area contributed by atoms with Crippen molar-refractivity contribution in [2.75, 3.05) is 13.1 Å². The predicted molar refractivity (Wildman–Crippen MR) is 65.6 cm³/mol. The fourth-order valence-corrected chi connectivity index (χ4v) is 1.33. The van der Waals surface area contributed by atoms with E-state index in [1.54, 1.807) is 12.2 Å². The van der Waals surface area contributed by atoms with Crippen molar-refractivity contribution < 1.29 is 4.79 Å². The maximum Gasteiger partial charge on any atom is 0.254 e. The van der Waals surface area contributed by atoms with E-state index in [1.807, 2.05) is 38.7 Å². The molecule has 0 radical (unpaired) electrons. The van der Waals surface area contributed by atoms with Crippen LogP contribution in [0.15, 0.2) is 36.0 Å². The van der Waals surface area contributed by atoms with Gasteiger partial charge < -0.3 is 4.90 Å². The molecule has 0 saturated carbocycles. The lowest BCUT2D eigenvalue weighted by molar-refractivity contribution is -0.126. The van der Waals surface area contributed by atoms with Gasteiger partial charge >= 0.3 is 0 Å². The Balaban J connectivity index is 5.03. The Bertz CT molecular complexity index is 283. The van der Waals surface area contributed by atoms with E-state index >= 15 is 0 Å². The van der Waals surface area contributed by atoms with E-state index in [1.165, 1.54) is 0 Å². The molecule has 15 heavy (non-hydrogen) atoms. The second-order valence-electron chi connectivity index (χ2n) is 3.27. The van der Waals surface area contributed by atoms with Gasteiger partial charge in [0, 0.05) is 18.7 Å². The van der Waals surface area contributed by atoms with Gasteiger partial charge in [0.15, 0.2) is 0 Å². The van der Waals surface area contributed by atoms with E-state index in [9.17, 15) is 4.79 Å². The Kier molecular flexibility index (Phi) is 6.43. The Labute approximate surface area is 93.0 Å². The van der Waals surface area contributed by atoms with Crippen LogP contribution in [0, 0.1) is 0 Å². The van der Waals surface area contributed by atoms with Crippen LogP contribution in [0.4, 0.5) is 0 Å². The number of hydrogen-bond acceptors (Lipinski definition) is 1. The van der Waals surface area contributed by atoms with Crippen LogP contribution in [-0.2, 0) is 4.79 Å². The smallest absolute Gasteiger partial charge is 0.254 e. The minimum atomic E-state index is 0.0792. The summed E-state index contributed by atoms with van der Waals surface area (Å²) in [6, 6.07) is 0. The Morgan fingerprint density at radius 1 is 1.33 bits per heavy atom. The molecule has 0 spiro atoms. The monoisotopic (exact) mass is 207 g/mol. The quantitative estimate of drug-likeness (QED) is 0.501. The van der Waals surface area contributed by atoms with Crippen molar-refractivity contribution in [1.82, 2.24) is 4.90 Å². The summed E-state index contributed by atoms with van der Waals surface area (Å²) < 4.78 is 0. The number of amides is 1. The molecule has 2 nitrogen and oxygen atoms in total. The summed E-state index contributed by atoms with van der Waals surface area (Å²) in [6.07, 6.45) is 5.37. The molecule has 0 unspecified atom stereocenters. The molecule has 0 aliphatic rings. The third kappa shape index (κ3) is 3.74. The maximum atomic E-state index is 12.1. The van der Waals surface area contributed by atoms with Gasteiger partial charge in [-0.05, 0) is 39.3 Å². The van der Waals surface area contributed by atoms with Crippen LogP contribution in [0.2, 0.25) is 0 Å². The first-order chi connectivity index (χ1) is 7.12. The maximum absolute atomic E-state index is 12.1. The average Bonchev–Trinajstić information content (AvgIpc) is 2.26. The molecule has 84 valence electrons. The highest BCUT2D eigenvalue weighted by atomic mass is 16.2. The van der Waals surface area contributed by atoms with E-state index in [2.05, 4.69) is 6.58 Å². The largest absolute Gasteiger partial charge is 0.339 e. The van der Waals surface area contributed by atoms with E-state index < -0.39 is 0 Å². The zero-order valence-electron chi connectivity index (χ0n) is 10.2. The highest BCUT2D eigenvalue weighted by Gasteiger charge is 2.15. The molecular formula is C13H21NO. The van der Waals surface area contributed by atoms with Crippen molar-refractivity contribution in [1.29, 1.82) is 0 Å². The zero-order valence-corrected chi connectivity index (χ0v) is 10.2. The van der Waals surface area contributed by atoms with Gasteiger partial charge in [-0.3, -0.25) is 4.79 Å². The fraction of sp³-hybridized carbons (Fsp3) is 0.462. The van der Waals surface area contributed by atoms with Crippen LogP contribution in [0.25, 0.3) is 0 Å². The van der Waals surface area contributed by atoms with Gasteiger partial charge in [0.1, 0.15) is 0 Å². The number of allylic oxidation sites excluding steroid dienone is 3. The van der Waals surface area contributed by atoms with Gasteiger partial charge in [0.2, 0.25) is 0 Å². The van der Waals surface area contributed by atoms with Gasteiger partial charge in [0.05, 0.1) is 0 Å². The molecule has 0 bridgehead atoms. The van der Waals surface area contributed by atoms with Crippen molar-refractivity contribution in [3.63, 3.8) is 0 Å². The van der Waals surface area contributed by atoms with Crippen LogP contribution in [0.3, 0.4) is 0 Å². The lowest BCUT2D eigenvalue weighted by Crippen LogP contribution is -2.32. The Morgan fingerprint density at radius 2 is 1.87 bits per heavy atom. The van der Waals surface area contributed by atoms with Gasteiger partial charge in [-0.15, -0.1) is 0 Å². The number of nitrogens with zero attached hydrogens (tertiary/aromatic N) is 1. The first-order valence-corrected chi connectivity index (χ1v) is 5.37. The molecule has 0 saturated heterocycles. The molecule has 1 amide bonds. The third-order valence-corrected chi connectivity index (χ3v) is 2.42. The normalized spacial score (nSPS) is 12.5. The molecule has 2 heteroatoms. The predicted octanol–water partition coefficient (Wildman–Crippen LogP) is 2.93. The molecule has 0 N–H and O–H groups in total. The van der Waals surface area contributed by atoms with E-state index in [0.717, 1.165) is 24.2 Å². The summed E-state index contributed by atoms with van der Waals surface area (Å²) in [5, 5.41) is 0.